The van der Waals surface area contributed by atoms with Gasteiger partial charge < -0.3 is 15.4 Å². The number of carbonyl (C=O) groups is 2. The van der Waals surface area contributed by atoms with Crippen LogP contribution < -0.4 is 15.4 Å². The predicted octanol–water partition coefficient (Wildman–Crippen LogP) is 3.22. The molecule has 0 unspecified atom stereocenters. The van der Waals surface area contributed by atoms with Crippen molar-refractivity contribution in [1.29, 1.82) is 0 Å². The Labute approximate surface area is 160 Å². The van der Waals surface area contributed by atoms with Crippen molar-refractivity contribution >= 4 is 29.3 Å². The minimum Gasteiger partial charge on any atom is -0.484 e. The Kier molecular flexibility index (Phi) is 8.06. The quantitative estimate of drug-likeness (QED) is 0.685. The molecule has 0 aliphatic rings. The normalized spacial score (nSPS) is 11.5. The number of rotatable bonds is 9. The van der Waals surface area contributed by atoms with Gasteiger partial charge in [-0.1, -0.05) is 18.2 Å². The van der Waals surface area contributed by atoms with E-state index in [9.17, 15) is 18.4 Å². The van der Waals surface area contributed by atoms with Crippen LogP contribution in [0.25, 0.3) is 0 Å². The van der Waals surface area contributed by atoms with Crippen molar-refractivity contribution in [2.45, 2.75) is 12.5 Å². The van der Waals surface area contributed by atoms with Gasteiger partial charge in [-0.3, -0.25) is 9.59 Å². The first-order valence-electron chi connectivity index (χ1n) is 8.21. The van der Waals surface area contributed by atoms with Crippen molar-refractivity contribution in [2.75, 3.05) is 23.9 Å². The molecule has 0 bridgehead atoms. The van der Waals surface area contributed by atoms with E-state index in [1.165, 1.54) is 17.8 Å². The number of anilines is 1. The summed E-state index contributed by atoms with van der Waals surface area (Å²) in [7, 11) is 0. The molecule has 2 aromatic rings. The number of para-hydroxylation sites is 1. The second-order valence-corrected chi connectivity index (χ2v) is 6.61. The molecule has 0 aliphatic carbocycles. The lowest BCUT2D eigenvalue weighted by atomic mass is 10.2. The van der Waals surface area contributed by atoms with Crippen molar-refractivity contribution < 1.29 is 23.1 Å². The van der Waals surface area contributed by atoms with Crippen molar-refractivity contribution in [1.82, 2.24) is 5.32 Å². The zero-order valence-electron chi connectivity index (χ0n) is 14.7. The molecular formula is C19H20F2N2O3S. The molecule has 1 atom stereocenters. The molecule has 27 heavy (non-hydrogen) atoms. The van der Waals surface area contributed by atoms with Crippen LogP contribution in [0.4, 0.5) is 14.5 Å². The van der Waals surface area contributed by atoms with Crippen LogP contribution in [0, 0.1) is 11.6 Å². The molecule has 2 amide bonds. The number of halogens is 2. The van der Waals surface area contributed by atoms with Gasteiger partial charge in [-0.25, -0.2) is 8.78 Å². The minimum absolute atomic E-state index is 0.114. The first kappa shape index (κ1) is 20.7. The van der Waals surface area contributed by atoms with Gasteiger partial charge in [-0.05, 0) is 42.7 Å². The number of nitrogens with one attached hydrogen (secondary N) is 2. The van der Waals surface area contributed by atoms with Crippen LogP contribution >= 0.6 is 11.8 Å². The van der Waals surface area contributed by atoms with Gasteiger partial charge in [0.1, 0.15) is 11.8 Å². The fraction of sp³-hybridized carbons (Fsp3) is 0.263. The molecule has 0 heterocycles. The van der Waals surface area contributed by atoms with Crippen molar-refractivity contribution in [2.24, 2.45) is 0 Å². The van der Waals surface area contributed by atoms with Gasteiger partial charge in [-0.2, -0.15) is 11.8 Å². The highest BCUT2D eigenvalue weighted by molar-refractivity contribution is 7.98. The van der Waals surface area contributed by atoms with Crippen LogP contribution in [0.15, 0.2) is 48.5 Å². The molecule has 0 aromatic heterocycles. The number of ether oxygens (including phenoxy) is 1. The Morgan fingerprint density at radius 2 is 1.85 bits per heavy atom. The van der Waals surface area contributed by atoms with E-state index in [1.807, 2.05) is 12.3 Å². The average molecular weight is 394 g/mol. The summed E-state index contributed by atoms with van der Waals surface area (Å²) < 4.78 is 31.6. The van der Waals surface area contributed by atoms with Gasteiger partial charge in [0.25, 0.3) is 5.91 Å². The predicted molar refractivity (Wildman–Crippen MR) is 102 cm³/mol. The van der Waals surface area contributed by atoms with E-state index in [1.54, 1.807) is 24.3 Å². The lowest BCUT2D eigenvalue weighted by molar-refractivity contribution is -0.127. The zero-order valence-corrected chi connectivity index (χ0v) is 15.5. The third kappa shape index (κ3) is 6.90. The molecule has 144 valence electrons. The van der Waals surface area contributed by atoms with E-state index in [2.05, 4.69) is 10.6 Å². The molecule has 0 spiro atoms. The third-order valence-electron chi connectivity index (χ3n) is 3.56. The van der Waals surface area contributed by atoms with E-state index < -0.39 is 29.5 Å². The van der Waals surface area contributed by atoms with Crippen molar-refractivity contribution in [3.63, 3.8) is 0 Å². The Hall–Kier alpha value is -2.61. The Balaban J connectivity index is 1.94. The van der Waals surface area contributed by atoms with Crippen LogP contribution in [0.1, 0.15) is 6.42 Å². The van der Waals surface area contributed by atoms with Gasteiger partial charge >= 0.3 is 0 Å². The summed E-state index contributed by atoms with van der Waals surface area (Å²) in [5.74, 6) is -1.85. The standard InChI is InChI=1S/C19H20F2N2O3S/c1-27-10-9-17(19(25)22-13-7-8-15(20)16(21)11-13)23-18(24)12-26-14-5-3-2-4-6-14/h2-8,11,17H,9-10,12H2,1H3,(H,22,25)(H,23,24)/t17-/m0/s1. The summed E-state index contributed by atoms with van der Waals surface area (Å²) >= 11 is 1.52. The van der Waals surface area contributed by atoms with E-state index in [4.69, 9.17) is 4.74 Å². The van der Waals surface area contributed by atoms with E-state index in [0.717, 1.165) is 12.1 Å². The van der Waals surface area contributed by atoms with Crippen LogP contribution in [0.5, 0.6) is 5.75 Å². The van der Waals surface area contributed by atoms with E-state index in [0.29, 0.717) is 17.9 Å². The smallest absolute Gasteiger partial charge is 0.258 e. The number of carbonyl (C=O) groups excluding carboxylic acids is 2. The largest absolute Gasteiger partial charge is 0.484 e. The summed E-state index contributed by atoms with van der Waals surface area (Å²) in [6.07, 6.45) is 2.26. The fourth-order valence-electron chi connectivity index (χ4n) is 2.21. The van der Waals surface area contributed by atoms with Crippen LogP contribution in [0.3, 0.4) is 0 Å². The maximum absolute atomic E-state index is 13.3. The first-order chi connectivity index (χ1) is 13.0. The van der Waals surface area contributed by atoms with Gasteiger partial charge in [0.15, 0.2) is 18.2 Å². The number of hydrogen-bond donors (Lipinski definition) is 2. The highest BCUT2D eigenvalue weighted by atomic mass is 32.2. The molecule has 2 aromatic carbocycles. The van der Waals surface area contributed by atoms with Gasteiger partial charge in [0.05, 0.1) is 0 Å². The zero-order chi connectivity index (χ0) is 19.6. The van der Waals surface area contributed by atoms with Crippen molar-refractivity contribution in [3.8, 4) is 5.75 Å². The molecule has 0 aliphatic heterocycles. The molecular weight excluding hydrogens is 374 g/mol. The number of hydrogen-bond acceptors (Lipinski definition) is 4. The maximum atomic E-state index is 13.3. The Morgan fingerprint density at radius 1 is 1.11 bits per heavy atom. The summed E-state index contributed by atoms with van der Waals surface area (Å²) in [5.41, 5.74) is 0.114. The lowest BCUT2D eigenvalue weighted by Crippen LogP contribution is -2.45. The average Bonchev–Trinajstić information content (AvgIpc) is 2.67. The summed E-state index contributed by atoms with van der Waals surface area (Å²) in [6, 6.07) is 11.1. The SMILES string of the molecule is CSCC[C@H](NC(=O)COc1ccccc1)C(=O)Nc1ccc(F)c(F)c1. The van der Waals surface area contributed by atoms with Crippen LogP contribution in [-0.4, -0.2) is 36.5 Å². The van der Waals surface area contributed by atoms with Gasteiger partial charge in [0.2, 0.25) is 5.91 Å². The molecule has 2 rings (SSSR count). The van der Waals surface area contributed by atoms with Crippen LogP contribution in [0.2, 0.25) is 0 Å². The fourth-order valence-corrected chi connectivity index (χ4v) is 2.68. The second kappa shape index (κ2) is 10.5. The highest BCUT2D eigenvalue weighted by Gasteiger charge is 2.21. The van der Waals surface area contributed by atoms with Crippen LogP contribution in [-0.2, 0) is 9.59 Å². The summed E-state index contributed by atoms with van der Waals surface area (Å²) in [6.45, 7) is -0.238. The number of amides is 2. The topological polar surface area (TPSA) is 67.4 Å². The second-order valence-electron chi connectivity index (χ2n) is 5.62. The number of thioether (sulfide) groups is 1. The lowest BCUT2D eigenvalue weighted by Gasteiger charge is -2.18. The first-order valence-corrected chi connectivity index (χ1v) is 9.61. The van der Waals surface area contributed by atoms with E-state index in [-0.39, 0.29) is 12.3 Å². The maximum Gasteiger partial charge on any atom is 0.258 e. The van der Waals surface area contributed by atoms with Crippen molar-refractivity contribution in [3.05, 3.63) is 60.2 Å². The molecule has 0 radical (unpaired) electrons. The summed E-state index contributed by atoms with van der Waals surface area (Å²) in [5, 5.41) is 5.10. The molecule has 8 heteroatoms. The Morgan fingerprint density at radius 3 is 2.52 bits per heavy atom. The highest BCUT2D eigenvalue weighted by Crippen LogP contribution is 2.14. The molecule has 2 N–H and O–H groups in total. The minimum atomic E-state index is -1.06. The number of benzene rings is 2. The Bertz CT molecular complexity index is 775. The monoisotopic (exact) mass is 394 g/mol. The molecule has 0 fully saturated rings. The van der Waals surface area contributed by atoms with E-state index >= 15 is 0 Å². The van der Waals surface area contributed by atoms with Gasteiger partial charge in [0, 0.05) is 11.8 Å². The van der Waals surface area contributed by atoms with Gasteiger partial charge in [-0.15, -0.1) is 0 Å². The molecule has 5 nitrogen and oxygen atoms in total. The molecule has 0 saturated heterocycles. The third-order valence-corrected chi connectivity index (χ3v) is 4.21. The summed E-state index contributed by atoms with van der Waals surface area (Å²) in [4.78, 5) is 24.5. The molecule has 0 saturated carbocycles.